The van der Waals surface area contributed by atoms with Crippen LogP contribution in [0.5, 0.6) is 5.75 Å². The number of thioether (sulfide) groups is 1. The van der Waals surface area contributed by atoms with E-state index in [4.69, 9.17) is 24.3 Å². The minimum atomic E-state index is -5.62. The van der Waals surface area contributed by atoms with Crippen LogP contribution in [-0.4, -0.2) is 139 Å². The Morgan fingerprint density at radius 1 is 1.03 bits per heavy atom. The molecule has 2 amide bonds. The van der Waals surface area contributed by atoms with Gasteiger partial charge < -0.3 is 55.6 Å². The van der Waals surface area contributed by atoms with Gasteiger partial charge in [0.25, 0.3) is 5.69 Å². The molecule has 31 nitrogen and oxygen atoms in total. The van der Waals surface area contributed by atoms with Gasteiger partial charge in [0.2, 0.25) is 11.8 Å². The Kier molecular flexibility index (Phi) is 18.4. The van der Waals surface area contributed by atoms with Crippen molar-refractivity contribution in [3.05, 3.63) is 51.1 Å². The molecule has 1 saturated heterocycles. The Balaban J connectivity index is 1.18. The van der Waals surface area contributed by atoms with Gasteiger partial charge in [-0.15, -0.1) is 0 Å². The number of fused-ring (bicyclic) bond motifs is 1. The SMILES string of the molecule is CC(COc1ccc([N+](=O)[O-])cc1[N+](=O)[O-])C(=O)SCCNC(=O)CCNC(=O)[C@H](O)C(C)(C)COP(=O)(O)OP(=O)(O)OC[C@H]1O[C@@H](n2cnc3c(N)ncnc32)[C@H](O)[C@@H]1OP(=O)(O)O. The fourth-order valence-electron chi connectivity index (χ4n) is 5.59. The molecule has 1 aromatic carbocycles. The first-order valence-electron chi connectivity index (χ1n) is 18.7. The number of phosphoric acid groups is 3. The van der Waals surface area contributed by atoms with Crippen molar-refractivity contribution in [1.82, 2.24) is 30.2 Å². The highest BCUT2D eigenvalue weighted by atomic mass is 32.2. The number of nitrogen functional groups attached to an aromatic ring is 1. The van der Waals surface area contributed by atoms with Crippen LogP contribution in [-0.2, 0) is 50.7 Å². The van der Waals surface area contributed by atoms with E-state index in [1.54, 1.807) is 0 Å². The standard InChI is InChI=1S/C31H44N9O22P3S/c1-16(11-57-19-5-4-17(39(46)47)10-18(19)40(48)49)30(45)66-9-8-33-21(41)6-7-34-28(44)25(43)31(2,3)13-59-65(55,56)62-64(53,54)58-12-20-24(61-63(50,51)52)23(42)29(60-20)38-15-37-22-26(32)35-14-36-27(22)38/h4-5,10,14-16,20,23-25,29,42-43H,6-9,11-13H2,1-3H3,(H,33,41)(H,34,44)(H,53,54)(H,55,56)(H2,32,35,36)(H2,50,51,52)/t16?,20-,23-,24-,25+,29-/m1/s1. The monoisotopic (exact) mass is 1020 g/mol. The number of carbonyl (C=O) groups is 3. The Morgan fingerprint density at radius 3 is 2.36 bits per heavy atom. The summed E-state index contributed by atoms with van der Waals surface area (Å²) >= 11 is 0.827. The van der Waals surface area contributed by atoms with Crippen LogP contribution in [0.2, 0.25) is 0 Å². The number of non-ortho nitro benzene ring substituents is 1. The van der Waals surface area contributed by atoms with Crippen molar-refractivity contribution in [2.75, 3.05) is 44.4 Å². The molecule has 0 aliphatic carbocycles. The van der Waals surface area contributed by atoms with Gasteiger partial charge in [0.05, 0.1) is 48.0 Å². The van der Waals surface area contributed by atoms with Gasteiger partial charge in [0.1, 0.15) is 36.3 Å². The number of rotatable bonds is 25. The van der Waals surface area contributed by atoms with Crippen molar-refractivity contribution >= 4 is 80.5 Å². The fourth-order valence-corrected chi connectivity index (χ4v) is 9.18. The number of anilines is 1. The average molecular weight is 1020 g/mol. The molecule has 4 rings (SSSR count). The third-order valence-corrected chi connectivity index (χ3v) is 13.2. The molecule has 366 valence electrons. The summed E-state index contributed by atoms with van der Waals surface area (Å²) in [6.07, 6.45) is -7.28. The number of nitrogens with two attached hydrogens (primary N) is 1. The minimum Gasteiger partial charge on any atom is -0.486 e. The predicted octanol–water partition coefficient (Wildman–Crippen LogP) is 0.196. The predicted molar refractivity (Wildman–Crippen MR) is 222 cm³/mol. The number of ether oxygens (including phenoxy) is 2. The molecule has 1 aliphatic rings. The second-order valence-electron chi connectivity index (χ2n) is 14.6. The molecule has 8 atom stereocenters. The van der Waals surface area contributed by atoms with Crippen LogP contribution in [0.25, 0.3) is 11.2 Å². The Labute approximate surface area is 375 Å². The average Bonchev–Trinajstić information content (AvgIpc) is 3.79. The van der Waals surface area contributed by atoms with Crippen LogP contribution < -0.4 is 21.1 Å². The number of nitro groups is 2. The lowest BCUT2D eigenvalue weighted by Gasteiger charge is -2.30. The zero-order valence-electron chi connectivity index (χ0n) is 34.5. The number of hydrogen-bond acceptors (Lipinski definition) is 23. The highest BCUT2D eigenvalue weighted by molar-refractivity contribution is 8.13. The Hall–Kier alpha value is -4.62. The Bertz CT molecular complexity index is 2420. The summed E-state index contributed by atoms with van der Waals surface area (Å²) in [5.41, 5.74) is 2.97. The number of nitrogens with one attached hydrogen (secondary N) is 2. The molecular formula is C31H44N9O22P3S. The first-order valence-corrected chi connectivity index (χ1v) is 24.2. The highest BCUT2D eigenvalue weighted by Gasteiger charge is 2.50. The molecule has 2 aromatic heterocycles. The molecule has 66 heavy (non-hydrogen) atoms. The van der Waals surface area contributed by atoms with Gasteiger partial charge in [-0.1, -0.05) is 32.5 Å². The summed E-state index contributed by atoms with van der Waals surface area (Å²) in [6, 6.07) is 2.80. The molecule has 0 saturated carbocycles. The van der Waals surface area contributed by atoms with Gasteiger partial charge in [-0.3, -0.25) is 52.8 Å². The van der Waals surface area contributed by atoms with Gasteiger partial charge in [0, 0.05) is 36.7 Å². The van der Waals surface area contributed by atoms with Crippen molar-refractivity contribution in [1.29, 1.82) is 0 Å². The second-order valence-corrected chi connectivity index (χ2v) is 20.0. The quantitative estimate of drug-likeness (QED) is 0.0237. The van der Waals surface area contributed by atoms with Crippen molar-refractivity contribution in [2.45, 2.75) is 57.8 Å². The lowest BCUT2D eigenvalue weighted by atomic mass is 9.87. The lowest BCUT2D eigenvalue weighted by molar-refractivity contribution is -0.394. The molecule has 35 heteroatoms. The molecule has 0 spiro atoms. The summed E-state index contributed by atoms with van der Waals surface area (Å²) in [5.74, 6) is -2.61. The zero-order chi connectivity index (χ0) is 49.4. The zero-order valence-corrected chi connectivity index (χ0v) is 38.0. The maximum Gasteiger partial charge on any atom is 0.481 e. The molecule has 3 aromatic rings. The number of amides is 2. The van der Waals surface area contributed by atoms with Crippen molar-refractivity contribution in [3.8, 4) is 5.75 Å². The fraction of sp³-hybridized carbons (Fsp3) is 0.548. The van der Waals surface area contributed by atoms with E-state index in [1.165, 1.54) is 20.8 Å². The number of aliphatic hydroxyl groups is 2. The van der Waals surface area contributed by atoms with E-state index >= 15 is 0 Å². The minimum absolute atomic E-state index is 0.00647. The van der Waals surface area contributed by atoms with Crippen LogP contribution >= 0.6 is 35.2 Å². The molecular weight excluding hydrogens is 975 g/mol. The third kappa shape index (κ3) is 15.2. The van der Waals surface area contributed by atoms with E-state index in [0.29, 0.717) is 0 Å². The number of nitro benzene ring substituents is 2. The first-order chi connectivity index (χ1) is 30.6. The number of nitrogens with zero attached hydrogens (tertiary/aromatic N) is 6. The topological polar surface area (TPSA) is 459 Å². The van der Waals surface area contributed by atoms with E-state index in [2.05, 4.69) is 34.4 Å². The summed E-state index contributed by atoms with van der Waals surface area (Å²) in [7, 11) is -16.5. The number of aromatic nitrogens is 4. The van der Waals surface area contributed by atoms with Gasteiger partial charge >= 0.3 is 29.2 Å². The van der Waals surface area contributed by atoms with E-state index in [1.807, 2.05) is 0 Å². The molecule has 0 bridgehead atoms. The first kappa shape index (κ1) is 54.0. The van der Waals surface area contributed by atoms with E-state index < -0.39 is 112 Å². The number of aliphatic hydroxyl groups excluding tert-OH is 2. The summed E-state index contributed by atoms with van der Waals surface area (Å²) < 4.78 is 67.5. The number of phosphoric ester groups is 3. The second kappa shape index (κ2) is 22.5. The van der Waals surface area contributed by atoms with Crippen LogP contribution in [0.4, 0.5) is 17.2 Å². The van der Waals surface area contributed by atoms with Crippen LogP contribution in [0.1, 0.15) is 33.4 Å². The number of hydrogen-bond donors (Lipinski definition) is 9. The molecule has 3 heterocycles. The smallest absolute Gasteiger partial charge is 0.481 e. The van der Waals surface area contributed by atoms with Gasteiger partial charge in [0.15, 0.2) is 28.6 Å². The largest absolute Gasteiger partial charge is 0.486 e. The highest BCUT2D eigenvalue weighted by Crippen LogP contribution is 2.61. The number of benzene rings is 1. The van der Waals surface area contributed by atoms with Crippen molar-refractivity contribution in [2.24, 2.45) is 11.3 Å². The summed E-state index contributed by atoms with van der Waals surface area (Å²) in [6.45, 7) is 1.20. The molecule has 0 radical (unpaired) electrons. The Morgan fingerprint density at radius 2 is 1.71 bits per heavy atom. The normalized spacial score (nSPS) is 20.4. The number of imidazole rings is 1. The third-order valence-electron chi connectivity index (χ3n) is 8.99. The van der Waals surface area contributed by atoms with Crippen molar-refractivity contribution in [3.63, 3.8) is 0 Å². The molecule has 10 N–H and O–H groups in total. The summed E-state index contributed by atoms with van der Waals surface area (Å²) in [5, 5.41) is 48.1. The summed E-state index contributed by atoms with van der Waals surface area (Å²) in [4.78, 5) is 109. The van der Waals surface area contributed by atoms with Crippen LogP contribution in [0, 0.1) is 31.6 Å². The molecule has 1 fully saturated rings. The molecule has 1 aliphatic heterocycles. The van der Waals surface area contributed by atoms with Crippen LogP contribution in [0.3, 0.4) is 0 Å². The maximum absolute atomic E-state index is 12.7. The van der Waals surface area contributed by atoms with Gasteiger partial charge in [-0.25, -0.2) is 28.6 Å². The lowest BCUT2D eigenvalue weighted by Crippen LogP contribution is -2.46. The van der Waals surface area contributed by atoms with Gasteiger partial charge in [-0.05, 0) is 6.07 Å². The molecule has 3 unspecified atom stereocenters. The number of carbonyl (C=O) groups excluding carboxylic acids is 3. The van der Waals surface area contributed by atoms with Crippen molar-refractivity contribution < 1.29 is 95.1 Å². The van der Waals surface area contributed by atoms with Crippen LogP contribution in [0.15, 0.2) is 30.9 Å². The van der Waals surface area contributed by atoms with E-state index in [9.17, 15) is 78.1 Å². The van der Waals surface area contributed by atoms with E-state index in [0.717, 1.165) is 47.2 Å². The maximum atomic E-state index is 12.7. The van der Waals surface area contributed by atoms with E-state index in [-0.39, 0.29) is 59.7 Å². The van der Waals surface area contributed by atoms with Gasteiger partial charge in [-0.2, -0.15) is 4.31 Å².